The zero-order valence-electron chi connectivity index (χ0n) is 10.4. The van der Waals surface area contributed by atoms with E-state index in [0.717, 1.165) is 11.1 Å². The minimum atomic E-state index is -0.205. The largest absolute Gasteiger partial charge is 0.304 e. The van der Waals surface area contributed by atoms with Crippen molar-refractivity contribution in [3.8, 4) is 0 Å². The summed E-state index contributed by atoms with van der Waals surface area (Å²) in [6, 6.07) is 5.69. The van der Waals surface area contributed by atoms with Gasteiger partial charge in [0.15, 0.2) is 5.82 Å². The number of carbonyl (C=O) groups excluding carboxylic acids is 1. The molecule has 1 aromatic heterocycles. The number of carbonyl (C=O) groups is 1. The average molecular weight is 385 g/mol. The van der Waals surface area contributed by atoms with Crippen LogP contribution >= 0.6 is 31.9 Å². The number of amides is 1. The van der Waals surface area contributed by atoms with Crippen molar-refractivity contribution >= 4 is 43.6 Å². The highest BCUT2D eigenvalue weighted by Crippen LogP contribution is 2.20. The molecule has 2 rings (SSSR count). The van der Waals surface area contributed by atoms with E-state index in [4.69, 9.17) is 0 Å². The van der Waals surface area contributed by atoms with Gasteiger partial charge in [0.25, 0.3) is 5.91 Å². The van der Waals surface area contributed by atoms with E-state index < -0.39 is 0 Å². The fourth-order valence-corrected chi connectivity index (χ4v) is 2.63. The van der Waals surface area contributed by atoms with Crippen molar-refractivity contribution in [1.82, 2.24) is 9.97 Å². The third-order valence-electron chi connectivity index (χ3n) is 2.42. The summed E-state index contributed by atoms with van der Waals surface area (Å²) < 4.78 is 1.09. The smallest absolute Gasteiger partial charge is 0.256 e. The first-order valence-electron chi connectivity index (χ1n) is 5.53. The molecule has 19 heavy (non-hydrogen) atoms. The Balaban J connectivity index is 2.25. The molecule has 0 unspecified atom stereocenters. The number of aryl methyl sites for hydroxylation is 2. The van der Waals surface area contributed by atoms with E-state index in [1.165, 1.54) is 6.20 Å². The van der Waals surface area contributed by atoms with Gasteiger partial charge in [-0.1, -0.05) is 17.2 Å². The monoisotopic (exact) mass is 383 g/mol. The summed E-state index contributed by atoms with van der Waals surface area (Å²) >= 11 is 6.47. The van der Waals surface area contributed by atoms with Crippen LogP contribution in [0.15, 0.2) is 33.6 Å². The van der Waals surface area contributed by atoms with Gasteiger partial charge in [0.2, 0.25) is 0 Å². The van der Waals surface area contributed by atoms with E-state index in [2.05, 4.69) is 47.1 Å². The van der Waals surface area contributed by atoms with Gasteiger partial charge in [-0.05, 0) is 57.8 Å². The van der Waals surface area contributed by atoms with E-state index in [0.29, 0.717) is 20.6 Å². The van der Waals surface area contributed by atoms with Crippen molar-refractivity contribution < 1.29 is 4.79 Å². The van der Waals surface area contributed by atoms with Crippen molar-refractivity contribution in [2.45, 2.75) is 13.8 Å². The zero-order valence-corrected chi connectivity index (χ0v) is 13.5. The van der Waals surface area contributed by atoms with Crippen molar-refractivity contribution in [2.24, 2.45) is 0 Å². The Kier molecular flexibility index (Phi) is 4.31. The maximum absolute atomic E-state index is 12.1. The molecular weight excluding hydrogens is 374 g/mol. The normalized spacial score (nSPS) is 10.3. The van der Waals surface area contributed by atoms with Gasteiger partial charge in [-0.25, -0.2) is 9.97 Å². The third-order valence-corrected chi connectivity index (χ3v) is 3.35. The summed E-state index contributed by atoms with van der Waals surface area (Å²) in [6.45, 7) is 3.91. The molecule has 0 saturated carbocycles. The van der Waals surface area contributed by atoms with Crippen LogP contribution in [0.5, 0.6) is 0 Å². The molecule has 0 fully saturated rings. The Labute approximate surface area is 127 Å². The highest BCUT2D eigenvalue weighted by molar-refractivity contribution is 9.11. The summed E-state index contributed by atoms with van der Waals surface area (Å²) in [4.78, 5) is 20.4. The van der Waals surface area contributed by atoms with Crippen LogP contribution < -0.4 is 5.32 Å². The number of halogens is 2. The van der Waals surface area contributed by atoms with Crippen LogP contribution in [0, 0.1) is 13.8 Å². The summed E-state index contributed by atoms with van der Waals surface area (Å²) in [7, 11) is 0. The molecule has 6 heteroatoms. The Hall–Kier alpha value is -1.27. The van der Waals surface area contributed by atoms with Gasteiger partial charge in [0.05, 0.1) is 6.20 Å². The lowest BCUT2D eigenvalue weighted by Gasteiger charge is -2.07. The van der Waals surface area contributed by atoms with Gasteiger partial charge < -0.3 is 5.32 Å². The molecule has 2 aromatic rings. The number of aromatic nitrogens is 2. The highest BCUT2D eigenvalue weighted by atomic mass is 79.9. The van der Waals surface area contributed by atoms with Gasteiger partial charge in [0.1, 0.15) is 9.21 Å². The van der Waals surface area contributed by atoms with E-state index in [-0.39, 0.29) is 5.91 Å². The summed E-state index contributed by atoms with van der Waals surface area (Å²) in [5, 5.41) is 2.73. The van der Waals surface area contributed by atoms with Crippen LogP contribution in [0.1, 0.15) is 21.5 Å². The van der Waals surface area contributed by atoms with Crippen LogP contribution in [0.4, 0.5) is 5.82 Å². The molecule has 1 amide bonds. The number of rotatable bonds is 2. The predicted molar refractivity (Wildman–Crippen MR) is 81.3 cm³/mol. The highest BCUT2D eigenvalue weighted by Gasteiger charge is 2.11. The third kappa shape index (κ3) is 3.61. The van der Waals surface area contributed by atoms with Gasteiger partial charge >= 0.3 is 0 Å². The van der Waals surface area contributed by atoms with Crippen molar-refractivity contribution in [3.05, 3.63) is 50.3 Å². The Morgan fingerprint density at radius 3 is 2.37 bits per heavy atom. The second-order valence-electron chi connectivity index (χ2n) is 4.16. The number of hydrogen-bond donors (Lipinski definition) is 1. The molecule has 1 aromatic carbocycles. The fourth-order valence-electron chi connectivity index (χ4n) is 1.72. The van der Waals surface area contributed by atoms with Crippen molar-refractivity contribution in [1.29, 1.82) is 0 Å². The fraction of sp³-hybridized carbons (Fsp3) is 0.154. The van der Waals surface area contributed by atoms with E-state index in [1.807, 2.05) is 32.0 Å². The molecule has 0 saturated heterocycles. The lowest BCUT2D eigenvalue weighted by atomic mass is 10.1. The molecule has 0 radical (unpaired) electrons. The number of nitrogens with zero attached hydrogens (tertiary/aromatic N) is 2. The summed E-state index contributed by atoms with van der Waals surface area (Å²) in [5.41, 5.74) is 2.70. The Bertz CT molecular complexity index is 624. The molecule has 0 atom stereocenters. The quantitative estimate of drug-likeness (QED) is 0.854. The standard InChI is InChI=1S/C13H11Br2N3O/c1-7-3-8(2)5-9(4-7)13(19)18-12-11(15)17-10(14)6-16-12/h3-6H,1-2H3,(H,16,18,19). The Morgan fingerprint density at radius 2 is 1.79 bits per heavy atom. The molecule has 1 N–H and O–H groups in total. The van der Waals surface area contributed by atoms with Gasteiger partial charge in [0, 0.05) is 5.56 Å². The molecule has 98 valence electrons. The maximum Gasteiger partial charge on any atom is 0.256 e. The first-order valence-corrected chi connectivity index (χ1v) is 7.12. The molecule has 4 nitrogen and oxygen atoms in total. The maximum atomic E-state index is 12.1. The van der Waals surface area contributed by atoms with Crippen LogP contribution in [0.2, 0.25) is 0 Å². The first kappa shape index (κ1) is 14.1. The first-order chi connectivity index (χ1) is 8.95. The summed E-state index contributed by atoms with van der Waals surface area (Å²) in [5.74, 6) is 0.191. The molecular formula is C13H11Br2N3O. The molecule has 0 spiro atoms. The number of benzene rings is 1. The van der Waals surface area contributed by atoms with E-state index in [1.54, 1.807) is 0 Å². The minimum absolute atomic E-state index is 0.205. The molecule has 1 heterocycles. The van der Waals surface area contributed by atoms with Crippen LogP contribution in [-0.2, 0) is 0 Å². The number of anilines is 1. The molecule has 0 aliphatic carbocycles. The second-order valence-corrected chi connectivity index (χ2v) is 5.73. The van der Waals surface area contributed by atoms with Gasteiger partial charge in [-0.15, -0.1) is 0 Å². The van der Waals surface area contributed by atoms with Crippen LogP contribution in [-0.4, -0.2) is 15.9 Å². The van der Waals surface area contributed by atoms with Crippen molar-refractivity contribution in [2.75, 3.05) is 5.32 Å². The minimum Gasteiger partial charge on any atom is -0.304 e. The predicted octanol–water partition coefficient (Wildman–Crippen LogP) is 3.87. The van der Waals surface area contributed by atoms with Crippen LogP contribution in [0.25, 0.3) is 0 Å². The lowest BCUT2D eigenvalue weighted by Crippen LogP contribution is -2.14. The zero-order chi connectivity index (χ0) is 14.0. The molecule has 0 aliphatic heterocycles. The van der Waals surface area contributed by atoms with E-state index >= 15 is 0 Å². The number of hydrogen-bond acceptors (Lipinski definition) is 3. The topological polar surface area (TPSA) is 54.9 Å². The average Bonchev–Trinajstić information content (AvgIpc) is 2.31. The molecule has 0 aliphatic rings. The van der Waals surface area contributed by atoms with Crippen molar-refractivity contribution in [3.63, 3.8) is 0 Å². The SMILES string of the molecule is Cc1cc(C)cc(C(=O)Nc2ncc(Br)nc2Br)c1. The summed E-state index contributed by atoms with van der Waals surface area (Å²) in [6.07, 6.45) is 1.53. The molecule has 0 bridgehead atoms. The number of nitrogens with one attached hydrogen (secondary N) is 1. The second kappa shape index (κ2) is 5.79. The van der Waals surface area contributed by atoms with Gasteiger partial charge in [-0.3, -0.25) is 4.79 Å². The van der Waals surface area contributed by atoms with E-state index in [9.17, 15) is 4.79 Å². The van der Waals surface area contributed by atoms with Crippen LogP contribution in [0.3, 0.4) is 0 Å². The Morgan fingerprint density at radius 1 is 1.16 bits per heavy atom. The lowest BCUT2D eigenvalue weighted by molar-refractivity contribution is 0.102. The van der Waals surface area contributed by atoms with Gasteiger partial charge in [-0.2, -0.15) is 0 Å².